The molecule has 0 bridgehead atoms. The number of halogens is 22. The van der Waals surface area contributed by atoms with E-state index < -0.39 is 75.7 Å². The second-order valence-electron chi connectivity index (χ2n) is 6.11. The summed E-state index contributed by atoms with van der Waals surface area (Å²) in [7, 11) is 0. The lowest BCUT2D eigenvalue weighted by atomic mass is 9.87. The smallest absolute Gasteiger partial charge is 0.460 e. The molecule has 0 spiro atoms. The number of amidine groups is 1. The van der Waals surface area contributed by atoms with Crippen molar-refractivity contribution in [2.45, 2.75) is 58.8 Å². The fourth-order valence-electron chi connectivity index (χ4n) is 1.76. The number of hydrogen-bond acceptors (Lipinski definition) is 1. The molecule has 0 rings (SSSR count). The van der Waals surface area contributed by atoms with Crippen molar-refractivity contribution in [2.75, 3.05) is 0 Å². The standard InChI is InChI=1S/C11H3F21N2S.HI/c12-2(13,4(16,17)6(20,21)8(24,25)10(28,29)30)3(14,15)5(18,19)7(22,23)9(26,27)11(31,32)35-1(33)34;/h(H3,33,34);1H. The number of rotatable bonds is 9. The number of alkyl halides is 21. The van der Waals surface area contributed by atoms with Gasteiger partial charge in [0, 0.05) is 11.8 Å². The Morgan fingerprint density at radius 1 is 0.417 bits per heavy atom. The lowest BCUT2D eigenvalue weighted by Gasteiger charge is -2.44. The quantitative estimate of drug-likeness (QED) is 0.166. The van der Waals surface area contributed by atoms with E-state index in [2.05, 4.69) is 11.1 Å². The Bertz CT molecular complexity index is 817. The van der Waals surface area contributed by atoms with Gasteiger partial charge in [-0.2, -0.15) is 92.2 Å². The van der Waals surface area contributed by atoms with Crippen LogP contribution >= 0.6 is 11.8 Å². The topological polar surface area (TPSA) is 51.6 Å². The highest BCUT2D eigenvalue weighted by atomic mass is 127. The number of hydrogen-bond donors (Lipinski definition) is 2. The molecule has 0 radical (unpaired) electrons. The largest absolute Gasteiger partial charge is 1.00 e. The minimum atomic E-state index is -9.19. The summed E-state index contributed by atoms with van der Waals surface area (Å²) in [6.45, 7) is 0. The third-order valence-electron chi connectivity index (χ3n) is 3.73. The van der Waals surface area contributed by atoms with E-state index in [1.165, 1.54) is 0 Å². The molecule has 0 saturated carbocycles. The maximum absolute atomic E-state index is 13.4. The average Bonchev–Trinajstić information content (AvgIpc) is 2.58. The summed E-state index contributed by atoms with van der Waals surface area (Å²) in [4.78, 5) is 0. The molecule has 0 aliphatic rings. The molecule has 0 aliphatic heterocycles. The van der Waals surface area contributed by atoms with Gasteiger partial charge in [-0.25, -0.2) is 0 Å². The van der Waals surface area contributed by atoms with Gasteiger partial charge in [0.2, 0.25) is 0 Å². The first-order chi connectivity index (χ1) is 14.7. The van der Waals surface area contributed by atoms with Crippen LogP contribution in [0.3, 0.4) is 0 Å². The molecule has 0 heterocycles. The van der Waals surface area contributed by atoms with Gasteiger partial charge in [-0.1, -0.05) is 0 Å². The van der Waals surface area contributed by atoms with Gasteiger partial charge >= 0.3 is 64.0 Å². The molecule has 0 aliphatic carbocycles. The van der Waals surface area contributed by atoms with Crippen LogP contribution in [-0.2, 0) is 0 Å². The molecule has 0 atom stereocenters. The lowest BCUT2D eigenvalue weighted by Crippen LogP contribution is -3.00. The van der Waals surface area contributed by atoms with Crippen molar-refractivity contribution in [3.63, 3.8) is 0 Å². The molecule has 0 aromatic carbocycles. The summed E-state index contributed by atoms with van der Waals surface area (Å²) in [5.41, 5.74) is 4.16. The summed E-state index contributed by atoms with van der Waals surface area (Å²) in [6.07, 6.45) is -8.01. The molecular weight excluding hydrogens is 718 g/mol. The Balaban J connectivity index is 0. The first-order valence-corrected chi connectivity index (χ1v) is 8.02. The molecule has 36 heavy (non-hydrogen) atoms. The number of nitrogens with two attached hydrogens (primary N) is 2. The zero-order valence-corrected chi connectivity index (χ0v) is 18.4. The highest BCUT2D eigenvalue weighted by Gasteiger charge is 2.98. The Morgan fingerprint density at radius 2 is 0.611 bits per heavy atom. The Kier molecular flexibility index (Phi) is 9.69. The molecule has 0 saturated heterocycles. The number of thioether (sulfide) groups is 1. The third kappa shape index (κ3) is 4.70. The fraction of sp³-hybridized carbons (Fsp3) is 0.909. The highest BCUT2D eigenvalue weighted by Crippen LogP contribution is 2.66. The van der Waals surface area contributed by atoms with Crippen molar-refractivity contribution in [3.8, 4) is 0 Å². The zero-order valence-electron chi connectivity index (χ0n) is 15.4. The summed E-state index contributed by atoms with van der Waals surface area (Å²) < 4.78 is 273. The van der Waals surface area contributed by atoms with Crippen LogP contribution in [0.15, 0.2) is 0 Å². The monoisotopic (exact) mass is 722 g/mol. The van der Waals surface area contributed by atoms with Gasteiger partial charge in [0.1, 0.15) is 0 Å². The van der Waals surface area contributed by atoms with Crippen molar-refractivity contribution in [1.29, 1.82) is 0 Å². The molecule has 0 aromatic heterocycles. The molecule has 0 amide bonds. The van der Waals surface area contributed by atoms with Crippen LogP contribution in [0.5, 0.6) is 0 Å². The summed E-state index contributed by atoms with van der Waals surface area (Å²) in [6, 6.07) is 0. The van der Waals surface area contributed by atoms with Crippen LogP contribution in [0.4, 0.5) is 92.2 Å². The van der Waals surface area contributed by atoms with Crippen LogP contribution in [0.2, 0.25) is 0 Å². The van der Waals surface area contributed by atoms with Gasteiger partial charge in [0.25, 0.3) is 0 Å². The fourth-order valence-corrected chi connectivity index (χ4v) is 2.31. The molecule has 2 nitrogen and oxygen atoms in total. The van der Waals surface area contributed by atoms with E-state index in [0.717, 1.165) is 0 Å². The van der Waals surface area contributed by atoms with Crippen LogP contribution in [0, 0.1) is 0 Å². The predicted molar refractivity (Wildman–Crippen MR) is 69.3 cm³/mol. The Morgan fingerprint density at radius 3 is 0.806 bits per heavy atom. The van der Waals surface area contributed by atoms with Crippen LogP contribution in [0.25, 0.3) is 0 Å². The van der Waals surface area contributed by atoms with Gasteiger partial charge in [-0.3, -0.25) is 11.1 Å². The minimum Gasteiger partial charge on any atom is -1.00 e. The third-order valence-corrected chi connectivity index (χ3v) is 4.48. The summed E-state index contributed by atoms with van der Waals surface area (Å²) in [5.74, 6) is -70.5. The van der Waals surface area contributed by atoms with Gasteiger partial charge in [0.05, 0.1) is 0 Å². The van der Waals surface area contributed by atoms with Crippen molar-refractivity contribution in [1.82, 2.24) is 0 Å². The first-order valence-electron chi connectivity index (χ1n) is 7.20. The van der Waals surface area contributed by atoms with E-state index in [4.69, 9.17) is 0 Å². The maximum atomic E-state index is 13.4. The second-order valence-corrected chi connectivity index (χ2v) is 7.30. The zero-order chi connectivity index (χ0) is 29.3. The molecule has 4 N–H and O–H groups in total. The van der Waals surface area contributed by atoms with E-state index >= 15 is 0 Å². The predicted octanol–water partition coefficient (Wildman–Crippen LogP) is 2.03. The second kappa shape index (κ2) is 9.37. The summed E-state index contributed by atoms with van der Waals surface area (Å²) in [5, 5.41) is -4.82. The maximum Gasteiger partial charge on any atom is 0.460 e. The Hall–Kier alpha value is -0.920. The van der Waals surface area contributed by atoms with Crippen molar-refractivity contribution in [2.24, 2.45) is 5.73 Å². The highest BCUT2D eigenvalue weighted by molar-refractivity contribution is 8.14. The molecular formula is C11H4F21IN2S. The van der Waals surface area contributed by atoms with Crippen molar-refractivity contribution in [3.05, 3.63) is 0 Å². The van der Waals surface area contributed by atoms with Gasteiger partial charge < -0.3 is 24.0 Å². The summed E-state index contributed by atoms with van der Waals surface area (Å²) >= 11 is -2.21. The molecule has 0 fully saturated rings. The van der Waals surface area contributed by atoms with Crippen LogP contribution in [0.1, 0.15) is 0 Å². The normalized spacial score (nSPS) is 16.0. The van der Waals surface area contributed by atoms with Crippen molar-refractivity contribution < 1.29 is 122 Å². The average molecular weight is 722 g/mol. The molecule has 0 unspecified atom stereocenters. The molecule has 25 heteroatoms. The van der Waals surface area contributed by atoms with Crippen LogP contribution < -0.4 is 35.1 Å². The van der Waals surface area contributed by atoms with Gasteiger partial charge in [-0.15, -0.1) is 0 Å². The van der Waals surface area contributed by atoms with E-state index in [1.54, 1.807) is 0 Å². The van der Waals surface area contributed by atoms with Crippen molar-refractivity contribution >= 4 is 16.9 Å². The minimum absolute atomic E-state index is 0. The molecule has 218 valence electrons. The van der Waals surface area contributed by atoms with Gasteiger partial charge in [0.15, 0.2) is 0 Å². The van der Waals surface area contributed by atoms with E-state index in [0.29, 0.717) is 0 Å². The SMILES string of the molecule is NC(=[NH2+])SC(F)(F)C(F)(F)C(F)(F)C(F)(F)C(F)(F)C(F)(F)C(F)(F)C(F)(F)C(F)(F)C(F)(F)F.[I-]. The van der Waals surface area contributed by atoms with E-state index in [1.807, 2.05) is 0 Å². The van der Waals surface area contributed by atoms with E-state index in [-0.39, 0.29) is 24.0 Å². The lowest BCUT2D eigenvalue weighted by molar-refractivity contribution is -0.472. The molecule has 0 aromatic rings. The van der Waals surface area contributed by atoms with Gasteiger partial charge in [-0.05, 0) is 0 Å². The Labute approximate surface area is 203 Å². The van der Waals surface area contributed by atoms with E-state index in [9.17, 15) is 92.2 Å². The first kappa shape index (κ1) is 37.2. The van der Waals surface area contributed by atoms with Crippen LogP contribution in [-0.4, -0.2) is 64.0 Å².